The molecular formula is C26H27F4N7O2. The second kappa shape index (κ2) is 10.3. The highest BCUT2D eigenvalue weighted by Crippen LogP contribution is 2.36. The number of benzene rings is 2. The van der Waals surface area contributed by atoms with Gasteiger partial charge >= 0.3 is 0 Å². The number of methoxy groups -OCH3 is 1. The number of halogens is 4. The van der Waals surface area contributed by atoms with Crippen LogP contribution in [0, 0.1) is 11.6 Å². The second-order valence-corrected chi connectivity index (χ2v) is 9.65. The van der Waals surface area contributed by atoms with E-state index in [1.165, 1.54) is 19.8 Å². The Labute approximate surface area is 221 Å². The van der Waals surface area contributed by atoms with Crippen LogP contribution >= 0.6 is 0 Å². The first kappa shape index (κ1) is 26.6. The number of anilines is 2. The Bertz CT molecular complexity index is 1520. The van der Waals surface area contributed by atoms with E-state index in [1.807, 2.05) is 4.90 Å². The van der Waals surface area contributed by atoms with Crippen molar-refractivity contribution in [1.82, 2.24) is 19.5 Å². The maximum Gasteiger partial charge on any atom is 0.265 e. The minimum Gasteiger partial charge on any atom is -0.494 e. The molecule has 5 N–H and O–H groups in total. The van der Waals surface area contributed by atoms with Crippen molar-refractivity contribution < 1.29 is 27.4 Å². The second-order valence-electron chi connectivity index (χ2n) is 9.65. The van der Waals surface area contributed by atoms with Crippen LogP contribution in [0.1, 0.15) is 18.4 Å². The maximum absolute atomic E-state index is 15.0. The molecule has 0 spiro atoms. The first-order chi connectivity index (χ1) is 18.6. The smallest absolute Gasteiger partial charge is 0.265 e. The first-order valence-corrected chi connectivity index (χ1v) is 12.2. The van der Waals surface area contributed by atoms with Crippen LogP contribution in [0.25, 0.3) is 22.3 Å². The lowest BCUT2D eigenvalue weighted by molar-refractivity contribution is -0.0529. The highest BCUT2D eigenvalue weighted by atomic mass is 19.3. The Balaban J connectivity index is 1.60. The average Bonchev–Trinajstić information content (AvgIpc) is 3.33. The number of rotatable bonds is 7. The van der Waals surface area contributed by atoms with Gasteiger partial charge in [-0.25, -0.2) is 32.5 Å². The molecule has 13 heteroatoms. The minimum atomic E-state index is -2.99. The minimum absolute atomic E-state index is 0.0168. The molecule has 1 aliphatic rings. The number of aliphatic hydroxyl groups excluding tert-OH is 1. The molecular weight excluding hydrogens is 518 g/mol. The van der Waals surface area contributed by atoms with E-state index in [-0.39, 0.29) is 36.6 Å². The third kappa shape index (κ3) is 4.94. The van der Waals surface area contributed by atoms with Crippen molar-refractivity contribution >= 4 is 22.7 Å². The summed E-state index contributed by atoms with van der Waals surface area (Å²) in [5.74, 6) is -1.43. The van der Waals surface area contributed by atoms with Gasteiger partial charge in [-0.3, -0.25) is 0 Å². The number of fused-ring (bicyclic) bond motifs is 1. The van der Waals surface area contributed by atoms with Gasteiger partial charge in [0, 0.05) is 30.4 Å². The molecule has 0 aliphatic carbocycles. The largest absolute Gasteiger partial charge is 0.494 e. The molecule has 2 atom stereocenters. The van der Waals surface area contributed by atoms with Gasteiger partial charge in [0.15, 0.2) is 23.0 Å². The van der Waals surface area contributed by atoms with E-state index in [4.69, 9.17) is 16.2 Å². The van der Waals surface area contributed by atoms with Crippen LogP contribution in [0.3, 0.4) is 0 Å². The van der Waals surface area contributed by atoms with Gasteiger partial charge in [-0.2, -0.15) is 0 Å². The van der Waals surface area contributed by atoms with Crippen molar-refractivity contribution in [2.45, 2.75) is 37.5 Å². The summed E-state index contributed by atoms with van der Waals surface area (Å²) >= 11 is 0. The zero-order valence-corrected chi connectivity index (χ0v) is 21.0. The number of hydrogen-bond donors (Lipinski definition) is 3. The average molecular weight is 546 g/mol. The molecule has 0 saturated carbocycles. The summed E-state index contributed by atoms with van der Waals surface area (Å²) in [7, 11) is 1.25. The van der Waals surface area contributed by atoms with Gasteiger partial charge in [0.2, 0.25) is 0 Å². The van der Waals surface area contributed by atoms with Gasteiger partial charge in [-0.05, 0) is 42.2 Å². The summed E-state index contributed by atoms with van der Waals surface area (Å²) in [5, 5.41) is 10.2. The fourth-order valence-electron chi connectivity index (χ4n) is 5.10. The third-order valence-corrected chi connectivity index (χ3v) is 7.13. The number of piperidine rings is 1. The highest BCUT2D eigenvalue weighted by molar-refractivity contribution is 5.81. The normalized spacial score (nSPS) is 18.6. The molecule has 9 nitrogen and oxygen atoms in total. The van der Waals surface area contributed by atoms with Crippen molar-refractivity contribution in [3.05, 3.63) is 60.2 Å². The van der Waals surface area contributed by atoms with Crippen LogP contribution in [0.4, 0.5) is 29.1 Å². The zero-order valence-electron chi connectivity index (χ0n) is 21.0. The van der Waals surface area contributed by atoms with E-state index in [1.54, 1.807) is 22.8 Å². The van der Waals surface area contributed by atoms with E-state index >= 15 is 0 Å². The van der Waals surface area contributed by atoms with Crippen LogP contribution in [-0.4, -0.2) is 62.9 Å². The molecule has 2 aromatic heterocycles. The molecule has 39 heavy (non-hydrogen) atoms. The number of aromatic nitrogens is 4. The van der Waals surface area contributed by atoms with Crippen molar-refractivity contribution in [3.8, 4) is 16.9 Å². The van der Waals surface area contributed by atoms with Crippen LogP contribution in [0.2, 0.25) is 0 Å². The topological polar surface area (TPSA) is 128 Å². The fraction of sp³-hybridized carbons (Fsp3) is 0.346. The van der Waals surface area contributed by atoms with Crippen LogP contribution in [-0.2, 0) is 6.54 Å². The van der Waals surface area contributed by atoms with Crippen molar-refractivity contribution in [3.63, 3.8) is 0 Å². The molecule has 4 aromatic rings. The molecule has 1 saturated heterocycles. The molecule has 3 heterocycles. The Kier molecular flexibility index (Phi) is 7.03. The Morgan fingerprint density at radius 3 is 2.67 bits per heavy atom. The maximum atomic E-state index is 15.0. The molecule has 0 radical (unpaired) electrons. The highest BCUT2D eigenvalue weighted by Gasteiger charge is 2.43. The summed E-state index contributed by atoms with van der Waals surface area (Å²) in [6.45, 7) is 0.643. The fourth-order valence-corrected chi connectivity index (χ4v) is 5.10. The van der Waals surface area contributed by atoms with E-state index in [0.29, 0.717) is 40.9 Å². The standard InChI is InChI=1S/C26H27F4N7O2/c1-39-20-9-17(27)16(8-18(20)28)14-3-4-19(36-6-2-5-26(32,11-36)22(38)23(29)30)15(7-14)10-37-13-35-21-24(31)33-12-34-25(21)37/h3-4,7-9,12-13,22-23,38H,2,5-6,10-11,32H2,1H3,(H2,31,33,34)/t22?,26-/m1/s1. The number of nitrogens with zero attached hydrogens (tertiary/aromatic N) is 5. The number of ether oxygens (including phenoxy) is 1. The monoisotopic (exact) mass is 545 g/mol. The molecule has 1 fully saturated rings. The van der Waals surface area contributed by atoms with Gasteiger partial charge in [0.05, 0.1) is 25.5 Å². The summed E-state index contributed by atoms with van der Waals surface area (Å²) in [6, 6.07) is 7.03. The number of nitrogens with two attached hydrogens (primary N) is 2. The molecule has 0 bridgehead atoms. The molecule has 1 unspecified atom stereocenters. The summed E-state index contributed by atoms with van der Waals surface area (Å²) < 4.78 is 62.9. The lowest BCUT2D eigenvalue weighted by Gasteiger charge is -2.44. The zero-order chi connectivity index (χ0) is 27.9. The lowest BCUT2D eigenvalue weighted by Crippen LogP contribution is -2.63. The number of nitrogen functional groups attached to an aromatic ring is 1. The van der Waals surface area contributed by atoms with E-state index < -0.39 is 29.7 Å². The van der Waals surface area contributed by atoms with Gasteiger partial charge in [0.1, 0.15) is 23.8 Å². The molecule has 0 amide bonds. The number of imidazole rings is 1. The van der Waals surface area contributed by atoms with Crippen molar-refractivity contribution in [1.29, 1.82) is 0 Å². The van der Waals surface area contributed by atoms with Crippen molar-refractivity contribution in [2.24, 2.45) is 5.73 Å². The van der Waals surface area contributed by atoms with Crippen LogP contribution < -0.4 is 21.1 Å². The quantitative estimate of drug-likeness (QED) is 0.302. The number of aliphatic hydroxyl groups is 1. The Morgan fingerprint density at radius 1 is 1.13 bits per heavy atom. The van der Waals surface area contributed by atoms with Gasteiger partial charge < -0.3 is 30.8 Å². The predicted octanol–water partition coefficient (Wildman–Crippen LogP) is 3.33. The van der Waals surface area contributed by atoms with E-state index in [0.717, 1.165) is 12.1 Å². The van der Waals surface area contributed by atoms with Crippen molar-refractivity contribution in [2.75, 3.05) is 30.8 Å². The lowest BCUT2D eigenvalue weighted by atomic mass is 9.84. The Morgan fingerprint density at radius 2 is 1.92 bits per heavy atom. The van der Waals surface area contributed by atoms with E-state index in [9.17, 15) is 22.7 Å². The molecule has 2 aromatic carbocycles. The number of hydrogen-bond acceptors (Lipinski definition) is 8. The molecule has 5 rings (SSSR count). The summed E-state index contributed by atoms with van der Waals surface area (Å²) in [6.07, 6.45) is -1.46. The molecule has 206 valence electrons. The SMILES string of the molecule is COc1cc(F)c(-c2ccc(N3CCC[C@](N)(C(O)C(F)F)C3)c(Cn3cnc4c(N)ncnc43)c2)cc1F. The van der Waals surface area contributed by atoms with Crippen LogP contribution in [0.15, 0.2) is 43.0 Å². The van der Waals surface area contributed by atoms with Gasteiger partial charge in [0.25, 0.3) is 6.43 Å². The van der Waals surface area contributed by atoms with Gasteiger partial charge in [-0.1, -0.05) is 6.07 Å². The first-order valence-electron chi connectivity index (χ1n) is 12.2. The predicted molar refractivity (Wildman–Crippen MR) is 138 cm³/mol. The third-order valence-electron chi connectivity index (χ3n) is 7.13. The van der Waals surface area contributed by atoms with E-state index in [2.05, 4.69) is 15.0 Å². The summed E-state index contributed by atoms with van der Waals surface area (Å²) in [5.41, 5.74) is 13.2. The summed E-state index contributed by atoms with van der Waals surface area (Å²) in [4.78, 5) is 14.3. The number of alkyl halides is 2. The van der Waals surface area contributed by atoms with Crippen LogP contribution in [0.5, 0.6) is 5.75 Å². The van der Waals surface area contributed by atoms with Gasteiger partial charge in [-0.15, -0.1) is 0 Å². The Hall–Kier alpha value is -3.97. The molecule has 1 aliphatic heterocycles.